The Bertz CT molecular complexity index is 588. The molecule has 1 aromatic carbocycles. The van der Waals surface area contributed by atoms with Gasteiger partial charge in [0.1, 0.15) is 5.82 Å². The number of hydrogen-bond acceptors (Lipinski definition) is 4. The molecular weight excluding hydrogens is 285 g/mol. The third-order valence-corrected chi connectivity index (χ3v) is 3.82. The zero-order chi connectivity index (χ0) is 15.3. The first kappa shape index (κ1) is 16.5. The van der Waals surface area contributed by atoms with Crippen molar-refractivity contribution in [3.8, 4) is 0 Å². The molecule has 0 unspecified atom stereocenters. The largest absolute Gasteiger partial charge is 0.353 e. The molecule has 0 aliphatic rings. The van der Waals surface area contributed by atoms with Gasteiger partial charge in [-0.3, -0.25) is 4.79 Å². The van der Waals surface area contributed by atoms with E-state index in [1.807, 2.05) is 0 Å². The van der Waals surface area contributed by atoms with Crippen LogP contribution in [0.4, 0.5) is 4.39 Å². The molecular formula is C12H18FN3O3S. The molecule has 6 nitrogen and oxygen atoms in total. The van der Waals surface area contributed by atoms with E-state index in [2.05, 4.69) is 10.0 Å². The first-order valence-corrected chi connectivity index (χ1v) is 7.52. The van der Waals surface area contributed by atoms with Crippen LogP contribution < -0.4 is 15.8 Å². The second kappa shape index (κ2) is 6.78. The molecule has 0 radical (unpaired) electrons. The first-order chi connectivity index (χ1) is 9.26. The summed E-state index contributed by atoms with van der Waals surface area (Å²) in [5.41, 5.74) is 5.42. The van der Waals surface area contributed by atoms with E-state index in [1.54, 1.807) is 13.8 Å². The molecule has 0 saturated carbocycles. The van der Waals surface area contributed by atoms with E-state index in [9.17, 15) is 17.6 Å². The normalized spacial score (nSPS) is 11.7. The summed E-state index contributed by atoms with van der Waals surface area (Å²) < 4.78 is 39.3. The highest BCUT2D eigenvalue weighted by atomic mass is 32.2. The lowest BCUT2D eigenvalue weighted by molar-refractivity contribution is -0.120. The summed E-state index contributed by atoms with van der Waals surface area (Å²) in [5.74, 6) is -1.01. The number of nitrogens with two attached hydrogens (primary N) is 1. The van der Waals surface area contributed by atoms with Crippen molar-refractivity contribution < 1.29 is 17.6 Å². The fourth-order valence-corrected chi connectivity index (χ4v) is 2.52. The molecule has 0 aliphatic heterocycles. The van der Waals surface area contributed by atoms with Crippen LogP contribution in [-0.4, -0.2) is 26.9 Å². The second-order valence-electron chi connectivity index (χ2n) is 4.50. The Balaban J connectivity index is 2.81. The molecule has 4 N–H and O–H groups in total. The topological polar surface area (TPSA) is 101 Å². The summed E-state index contributed by atoms with van der Waals surface area (Å²) in [6, 6.07) is 3.22. The molecule has 0 aromatic heterocycles. The number of amides is 1. The summed E-state index contributed by atoms with van der Waals surface area (Å²) >= 11 is 0. The van der Waals surface area contributed by atoms with Crippen LogP contribution in [0.1, 0.15) is 19.4 Å². The van der Waals surface area contributed by atoms with Crippen molar-refractivity contribution in [2.45, 2.75) is 31.3 Å². The molecule has 0 atom stereocenters. The monoisotopic (exact) mass is 303 g/mol. The standard InChI is InChI=1S/C12H18FN3O3S/c1-8(2)16-12(17)7-15-20(18,19)10-3-4-11(13)9(5-10)6-14/h3-5,8,15H,6-7,14H2,1-2H3,(H,16,17). The van der Waals surface area contributed by atoms with E-state index in [0.29, 0.717) is 0 Å². The number of nitrogens with one attached hydrogen (secondary N) is 2. The lowest BCUT2D eigenvalue weighted by Crippen LogP contribution is -2.39. The minimum absolute atomic E-state index is 0.0818. The molecule has 0 saturated heterocycles. The van der Waals surface area contributed by atoms with Gasteiger partial charge in [0.2, 0.25) is 15.9 Å². The second-order valence-corrected chi connectivity index (χ2v) is 6.27. The van der Waals surface area contributed by atoms with Crippen molar-refractivity contribution in [3.05, 3.63) is 29.6 Å². The van der Waals surface area contributed by atoms with Gasteiger partial charge < -0.3 is 11.1 Å². The highest BCUT2D eigenvalue weighted by Gasteiger charge is 2.17. The molecule has 8 heteroatoms. The van der Waals surface area contributed by atoms with E-state index in [1.165, 1.54) is 0 Å². The van der Waals surface area contributed by atoms with Gasteiger partial charge in [-0.15, -0.1) is 0 Å². The lowest BCUT2D eigenvalue weighted by Gasteiger charge is -2.10. The summed E-state index contributed by atoms with van der Waals surface area (Å²) in [6.07, 6.45) is 0. The van der Waals surface area contributed by atoms with Crippen LogP contribution in [0.2, 0.25) is 0 Å². The van der Waals surface area contributed by atoms with Gasteiger partial charge in [-0.2, -0.15) is 0 Å². The van der Waals surface area contributed by atoms with Crippen molar-refractivity contribution in [3.63, 3.8) is 0 Å². The maximum absolute atomic E-state index is 13.3. The Labute approximate surface area is 117 Å². The first-order valence-electron chi connectivity index (χ1n) is 6.04. The molecule has 1 aromatic rings. The molecule has 1 rings (SSSR count). The smallest absolute Gasteiger partial charge is 0.241 e. The number of benzene rings is 1. The predicted molar refractivity (Wildman–Crippen MR) is 72.8 cm³/mol. The number of rotatable bonds is 6. The minimum atomic E-state index is -3.87. The third kappa shape index (κ3) is 4.55. The SMILES string of the molecule is CC(C)NC(=O)CNS(=O)(=O)c1ccc(F)c(CN)c1. The van der Waals surface area contributed by atoms with Crippen LogP contribution in [0.15, 0.2) is 23.1 Å². The lowest BCUT2D eigenvalue weighted by atomic mass is 10.2. The van der Waals surface area contributed by atoms with Crippen molar-refractivity contribution in [2.24, 2.45) is 5.73 Å². The van der Waals surface area contributed by atoms with Gasteiger partial charge in [0.05, 0.1) is 11.4 Å². The fourth-order valence-electron chi connectivity index (χ4n) is 1.49. The number of carbonyl (C=O) groups is 1. The van der Waals surface area contributed by atoms with Gasteiger partial charge in [0.25, 0.3) is 0 Å². The molecule has 0 fully saturated rings. The molecule has 0 spiro atoms. The van der Waals surface area contributed by atoms with Crippen molar-refractivity contribution >= 4 is 15.9 Å². The van der Waals surface area contributed by atoms with Crippen LogP contribution in [-0.2, 0) is 21.4 Å². The van der Waals surface area contributed by atoms with Crippen molar-refractivity contribution in [1.29, 1.82) is 0 Å². The molecule has 0 aliphatic carbocycles. The molecule has 0 bridgehead atoms. The summed E-state index contributed by atoms with van der Waals surface area (Å²) in [7, 11) is -3.87. The van der Waals surface area contributed by atoms with Gasteiger partial charge in [-0.05, 0) is 32.0 Å². The van der Waals surface area contributed by atoms with Crippen molar-refractivity contribution in [1.82, 2.24) is 10.0 Å². The number of carbonyl (C=O) groups excluding carboxylic acids is 1. The van der Waals surface area contributed by atoms with Crippen LogP contribution in [0.5, 0.6) is 0 Å². The number of halogens is 1. The molecule has 20 heavy (non-hydrogen) atoms. The summed E-state index contributed by atoms with van der Waals surface area (Å²) in [6.45, 7) is 3.04. The van der Waals surface area contributed by atoms with E-state index in [4.69, 9.17) is 5.73 Å². The van der Waals surface area contributed by atoms with Gasteiger partial charge >= 0.3 is 0 Å². The summed E-state index contributed by atoms with van der Waals surface area (Å²) in [4.78, 5) is 11.3. The maximum atomic E-state index is 13.3. The third-order valence-electron chi connectivity index (χ3n) is 2.42. The highest BCUT2D eigenvalue weighted by Crippen LogP contribution is 2.14. The van der Waals surface area contributed by atoms with E-state index < -0.39 is 21.7 Å². The Morgan fingerprint density at radius 1 is 1.40 bits per heavy atom. The van der Waals surface area contributed by atoms with Crippen molar-refractivity contribution in [2.75, 3.05) is 6.54 Å². The van der Waals surface area contributed by atoms with E-state index in [-0.39, 0.29) is 29.6 Å². The molecule has 1 amide bonds. The molecule has 112 valence electrons. The minimum Gasteiger partial charge on any atom is -0.353 e. The molecule has 0 heterocycles. The van der Waals surface area contributed by atoms with Crippen LogP contribution >= 0.6 is 0 Å². The maximum Gasteiger partial charge on any atom is 0.241 e. The summed E-state index contributed by atoms with van der Waals surface area (Å²) in [5, 5.41) is 2.55. The zero-order valence-corrected chi connectivity index (χ0v) is 12.1. The average molecular weight is 303 g/mol. The van der Waals surface area contributed by atoms with E-state index in [0.717, 1.165) is 18.2 Å². The Morgan fingerprint density at radius 3 is 2.60 bits per heavy atom. The van der Waals surface area contributed by atoms with Gasteiger partial charge in [0.15, 0.2) is 0 Å². The fraction of sp³-hybridized carbons (Fsp3) is 0.417. The Morgan fingerprint density at radius 2 is 2.05 bits per heavy atom. The average Bonchev–Trinajstić information content (AvgIpc) is 2.36. The van der Waals surface area contributed by atoms with E-state index >= 15 is 0 Å². The zero-order valence-electron chi connectivity index (χ0n) is 11.3. The quantitative estimate of drug-likeness (QED) is 0.693. The van der Waals surface area contributed by atoms with Crippen LogP contribution in [0, 0.1) is 5.82 Å². The Hall–Kier alpha value is -1.51. The van der Waals surface area contributed by atoms with Gasteiger partial charge in [0, 0.05) is 18.2 Å². The van der Waals surface area contributed by atoms with Gasteiger partial charge in [-0.1, -0.05) is 0 Å². The van der Waals surface area contributed by atoms with Crippen LogP contribution in [0.25, 0.3) is 0 Å². The predicted octanol–water partition coefficient (Wildman–Crippen LogP) is 0.0873. The van der Waals surface area contributed by atoms with Crippen LogP contribution in [0.3, 0.4) is 0 Å². The number of hydrogen-bond donors (Lipinski definition) is 3. The number of sulfonamides is 1. The Kier molecular flexibility index (Phi) is 5.61. The van der Waals surface area contributed by atoms with Gasteiger partial charge in [-0.25, -0.2) is 17.5 Å². The highest BCUT2D eigenvalue weighted by molar-refractivity contribution is 7.89.